The van der Waals surface area contributed by atoms with Crippen molar-refractivity contribution in [3.05, 3.63) is 29.8 Å². The summed E-state index contributed by atoms with van der Waals surface area (Å²) in [6.07, 6.45) is 0.760. The number of sulfonamides is 1. The van der Waals surface area contributed by atoms with Crippen LogP contribution in [0.15, 0.2) is 29.3 Å². The van der Waals surface area contributed by atoms with Crippen LogP contribution in [0.4, 0.5) is 10.5 Å². The Labute approximate surface area is 149 Å². The van der Waals surface area contributed by atoms with Crippen LogP contribution in [-0.2, 0) is 19.6 Å². The molecule has 1 saturated heterocycles. The number of nitrogens with zero attached hydrogens (tertiary/aromatic N) is 2. The van der Waals surface area contributed by atoms with E-state index in [0.29, 0.717) is 26.3 Å². The molecule has 26 heavy (non-hydrogen) atoms. The SMILES string of the molecule is O=C1N=CC(S(=O)(=O)Nc2ccccc2C(=O)N2CCOCC2)C(=O)N1. The third-order valence-corrected chi connectivity index (χ3v) is 5.37. The van der Waals surface area contributed by atoms with Gasteiger partial charge in [-0.3, -0.25) is 19.6 Å². The molecule has 1 aromatic rings. The molecule has 1 fully saturated rings. The number of urea groups is 1. The molecule has 2 N–H and O–H groups in total. The normalized spacial score (nSPS) is 20.6. The number of hydrogen-bond donors (Lipinski definition) is 2. The van der Waals surface area contributed by atoms with Gasteiger partial charge in [-0.25, -0.2) is 18.2 Å². The summed E-state index contributed by atoms with van der Waals surface area (Å²) in [5.74, 6) is -1.35. The zero-order valence-electron chi connectivity index (χ0n) is 13.5. The first-order chi connectivity index (χ1) is 12.4. The number of morpholine rings is 1. The maximum absolute atomic E-state index is 12.7. The molecule has 0 bridgehead atoms. The van der Waals surface area contributed by atoms with Gasteiger partial charge in [-0.05, 0) is 12.1 Å². The number of para-hydroxylation sites is 1. The molecule has 10 nitrogen and oxygen atoms in total. The molecule has 0 spiro atoms. The minimum Gasteiger partial charge on any atom is -0.378 e. The van der Waals surface area contributed by atoms with E-state index in [9.17, 15) is 22.8 Å². The van der Waals surface area contributed by atoms with Crippen molar-refractivity contribution in [2.75, 3.05) is 31.0 Å². The van der Waals surface area contributed by atoms with Gasteiger partial charge in [0.2, 0.25) is 10.0 Å². The van der Waals surface area contributed by atoms with Gasteiger partial charge in [0.05, 0.1) is 24.5 Å². The standard InChI is InChI=1S/C15H16N4O6S/c20-13-12(9-16-15(22)17-13)26(23,24)18-11-4-2-1-3-10(11)14(21)19-5-7-25-8-6-19/h1-4,9,12,18H,5-8H2,(H,17,20,22). The van der Waals surface area contributed by atoms with Crippen molar-refractivity contribution in [1.29, 1.82) is 0 Å². The number of benzene rings is 1. The summed E-state index contributed by atoms with van der Waals surface area (Å²) in [5.41, 5.74) is 0.198. The Morgan fingerprint density at radius 1 is 1.23 bits per heavy atom. The highest BCUT2D eigenvalue weighted by molar-refractivity contribution is 7.94. The van der Waals surface area contributed by atoms with Gasteiger partial charge >= 0.3 is 6.03 Å². The first-order valence-corrected chi connectivity index (χ1v) is 9.30. The van der Waals surface area contributed by atoms with E-state index < -0.39 is 27.2 Å². The van der Waals surface area contributed by atoms with Gasteiger partial charge in [-0.1, -0.05) is 12.1 Å². The van der Waals surface area contributed by atoms with Crippen LogP contribution in [-0.4, -0.2) is 68.9 Å². The molecule has 11 heteroatoms. The summed E-state index contributed by atoms with van der Waals surface area (Å²) < 4.78 is 32.5. The minimum atomic E-state index is -4.25. The lowest BCUT2D eigenvalue weighted by Gasteiger charge is -2.27. The number of rotatable bonds is 4. The van der Waals surface area contributed by atoms with E-state index in [4.69, 9.17) is 4.74 Å². The average Bonchev–Trinajstić information content (AvgIpc) is 2.61. The topological polar surface area (TPSA) is 134 Å². The molecule has 0 saturated carbocycles. The summed E-state index contributed by atoms with van der Waals surface area (Å²) in [6, 6.07) is 5.16. The molecule has 138 valence electrons. The van der Waals surface area contributed by atoms with Crippen molar-refractivity contribution in [2.24, 2.45) is 4.99 Å². The summed E-state index contributed by atoms with van der Waals surface area (Å²) in [6.45, 7) is 1.62. The Morgan fingerprint density at radius 3 is 2.62 bits per heavy atom. The van der Waals surface area contributed by atoms with Crippen molar-refractivity contribution in [3.8, 4) is 0 Å². The van der Waals surface area contributed by atoms with Crippen LogP contribution < -0.4 is 10.0 Å². The molecule has 2 heterocycles. The van der Waals surface area contributed by atoms with Crippen LogP contribution >= 0.6 is 0 Å². The van der Waals surface area contributed by atoms with Crippen LogP contribution in [0.5, 0.6) is 0 Å². The third kappa shape index (κ3) is 3.73. The number of amides is 4. The van der Waals surface area contributed by atoms with Crippen LogP contribution in [0.1, 0.15) is 10.4 Å². The van der Waals surface area contributed by atoms with Crippen molar-refractivity contribution in [3.63, 3.8) is 0 Å². The molecule has 0 radical (unpaired) electrons. The first-order valence-electron chi connectivity index (χ1n) is 7.75. The average molecular weight is 380 g/mol. The number of carbonyl (C=O) groups excluding carboxylic acids is 3. The molecular formula is C15H16N4O6S. The largest absolute Gasteiger partial charge is 0.378 e. The Hall–Kier alpha value is -2.79. The van der Waals surface area contributed by atoms with E-state index in [1.54, 1.807) is 17.0 Å². The number of aliphatic imine (C=N–C) groups is 1. The van der Waals surface area contributed by atoms with Gasteiger partial charge in [0.25, 0.3) is 11.8 Å². The second-order valence-electron chi connectivity index (χ2n) is 5.59. The van der Waals surface area contributed by atoms with Gasteiger partial charge < -0.3 is 9.64 Å². The number of ether oxygens (including phenoxy) is 1. The highest BCUT2D eigenvalue weighted by atomic mass is 32.2. The fourth-order valence-corrected chi connectivity index (χ4v) is 3.72. The fraction of sp³-hybridized carbons (Fsp3) is 0.333. The molecular weight excluding hydrogens is 364 g/mol. The monoisotopic (exact) mass is 380 g/mol. The van der Waals surface area contributed by atoms with E-state index in [-0.39, 0.29) is 17.2 Å². The Kier molecular flexibility index (Phi) is 5.00. The van der Waals surface area contributed by atoms with Crippen molar-refractivity contribution in [2.45, 2.75) is 5.25 Å². The van der Waals surface area contributed by atoms with Gasteiger partial charge in [0.15, 0.2) is 5.25 Å². The van der Waals surface area contributed by atoms with Crippen molar-refractivity contribution >= 4 is 39.8 Å². The predicted molar refractivity (Wildman–Crippen MR) is 91.5 cm³/mol. The zero-order chi connectivity index (χ0) is 18.7. The highest BCUT2D eigenvalue weighted by Gasteiger charge is 2.36. The van der Waals surface area contributed by atoms with E-state index in [0.717, 1.165) is 6.21 Å². The van der Waals surface area contributed by atoms with Gasteiger partial charge in [-0.15, -0.1) is 0 Å². The molecule has 0 aromatic heterocycles. The van der Waals surface area contributed by atoms with E-state index in [1.807, 2.05) is 5.32 Å². The van der Waals surface area contributed by atoms with E-state index >= 15 is 0 Å². The number of hydrogen-bond acceptors (Lipinski definition) is 6. The molecule has 4 amide bonds. The molecule has 3 rings (SSSR count). The zero-order valence-corrected chi connectivity index (χ0v) is 14.4. The van der Waals surface area contributed by atoms with Gasteiger partial charge in [-0.2, -0.15) is 0 Å². The van der Waals surface area contributed by atoms with Crippen molar-refractivity contribution < 1.29 is 27.5 Å². The Balaban J connectivity index is 1.86. The van der Waals surface area contributed by atoms with E-state index in [1.165, 1.54) is 12.1 Å². The molecule has 0 aliphatic carbocycles. The van der Waals surface area contributed by atoms with Gasteiger partial charge in [0.1, 0.15) is 0 Å². The van der Waals surface area contributed by atoms with E-state index in [2.05, 4.69) is 9.71 Å². The lowest BCUT2D eigenvalue weighted by molar-refractivity contribution is -0.118. The summed E-state index contributed by atoms with van der Waals surface area (Å²) in [7, 11) is -4.25. The van der Waals surface area contributed by atoms with Crippen molar-refractivity contribution in [1.82, 2.24) is 10.2 Å². The number of nitrogens with one attached hydrogen (secondary N) is 2. The lowest BCUT2D eigenvalue weighted by atomic mass is 10.1. The Morgan fingerprint density at radius 2 is 1.92 bits per heavy atom. The molecule has 1 unspecified atom stereocenters. The number of anilines is 1. The van der Waals surface area contributed by atoms with Crippen LogP contribution in [0.3, 0.4) is 0 Å². The molecule has 2 aliphatic heterocycles. The first kappa shape index (κ1) is 18.0. The molecule has 2 aliphatic rings. The Bertz CT molecular complexity index is 876. The molecule has 1 aromatic carbocycles. The second-order valence-corrected chi connectivity index (χ2v) is 7.39. The number of imide groups is 1. The summed E-state index contributed by atoms with van der Waals surface area (Å²) in [5, 5.41) is 0.152. The van der Waals surface area contributed by atoms with Gasteiger partial charge in [0, 0.05) is 19.3 Å². The number of carbonyl (C=O) groups is 3. The highest BCUT2D eigenvalue weighted by Crippen LogP contribution is 2.21. The smallest absolute Gasteiger partial charge is 0.347 e. The van der Waals surface area contributed by atoms with Crippen LogP contribution in [0.2, 0.25) is 0 Å². The minimum absolute atomic E-state index is 0.0436. The molecule has 1 atom stereocenters. The maximum atomic E-state index is 12.7. The summed E-state index contributed by atoms with van der Waals surface area (Å²) >= 11 is 0. The van der Waals surface area contributed by atoms with Crippen LogP contribution in [0.25, 0.3) is 0 Å². The maximum Gasteiger partial charge on any atom is 0.347 e. The van der Waals surface area contributed by atoms with Crippen LogP contribution in [0, 0.1) is 0 Å². The fourth-order valence-electron chi connectivity index (χ4n) is 2.55. The predicted octanol–water partition coefficient (Wildman–Crippen LogP) is -0.410. The third-order valence-electron chi connectivity index (χ3n) is 3.86. The lowest BCUT2D eigenvalue weighted by Crippen LogP contribution is -2.48. The quantitative estimate of drug-likeness (QED) is 0.729. The second kappa shape index (κ2) is 7.22. The summed E-state index contributed by atoms with van der Waals surface area (Å²) in [4.78, 5) is 40.3.